The van der Waals surface area contributed by atoms with E-state index in [1.165, 1.54) is 16.4 Å². The molecule has 1 amide bonds. The fourth-order valence-corrected chi connectivity index (χ4v) is 5.13. The van der Waals surface area contributed by atoms with E-state index in [1.54, 1.807) is 17.0 Å². The highest BCUT2D eigenvalue weighted by Gasteiger charge is 2.29. The minimum Gasteiger partial charge on any atom is -0.492 e. The number of sulfonamides is 1. The van der Waals surface area contributed by atoms with Gasteiger partial charge in [-0.05, 0) is 64.8 Å². The maximum absolute atomic E-state index is 12.7. The molecular weight excluding hydrogens is 458 g/mol. The summed E-state index contributed by atoms with van der Waals surface area (Å²) < 4.78 is 33.4. The molecule has 3 rings (SSSR count). The minimum atomic E-state index is -3.58. The summed E-state index contributed by atoms with van der Waals surface area (Å²) in [5, 5.41) is 0. The molecule has 2 aromatic rings. The van der Waals surface area contributed by atoms with E-state index in [9.17, 15) is 13.2 Å². The van der Waals surface area contributed by atoms with E-state index in [0.29, 0.717) is 24.5 Å². The molecule has 0 aliphatic carbocycles. The van der Waals surface area contributed by atoms with E-state index in [4.69, 9.17) is 10.5 Å². The largest absolute Gasteiger partial charge is 0.492 e. The maximum Gasteiger partial charge on any atom is 0.243 e. The normalized spacial score (nSPS) is 15.3. The van der Waals surface area contributed by atoms with Gasteiger partial charge in [-0.15, -0.1) is 0 Å². The van der Waals surface area contributed by atoms with Gasteiger partial charge in [0.05, 0.1) is 22.4 Å². The van der Waals surface area contributed by atoms with E-state index in [2.05, 4.69) is 15.9 Å². The fraction of sp³-hybridized carbons (Fsp3) is 0.350. The molecular formula is C20H24BrN3O4S. The molecule has 7 nitrogen and oxygen atoms in total. The predicted molar refractivity (Wildman–Crippen MR) is 115 cm³/mol. The van der Waals surface area contributed by atoms with Crippen LogP contribution in [0.1, 0.15) is 12.0 Å². The van der Waals surface area contributed by atoms with Crippen LogP contribution in [0.2, 0.25) is 0 Å². The lowest BCUT2D eigenvalue weighted by Crippen LogP contribution is -2.50. The summed E-state index contributed by atoms with van der Waals surface area (Å²) in [6, 6.07) is 11.9. The monoisotopic (exact) mass is 481 g/mol. The number of carbonyl (C=O) groups is 1. The number of piperazine rings is 1. The number of carbonyl (C=O) groups excluding carboxylic acids is 1. The van der Waals surface area contributed by atoms with Gasteiger partial charge in [0.15, 0.2) is 0 Å². The van der Waals surface area contributed by atoms with Gasteiger partial charge >= 0.3 is 0 Å². The number of nitrogens with zero attached hydrogens (tertiary/aromatic N) is 2. The van der Waals surface area contributed by atoms with Crippen LogP contribution in [0, 0.1) is 6.92 Å². The number of hydrogen-bond acceptors (Lipinski definition) is 5. The lowest BCUT2D eigenvalue weighted by Gasteiger charge is -2.34. The number of rotatable bonds is 6. The Morgan fingerprint density at radius 1 is 1.10 bits per heavy atom. The molecule has 2 N–H and O–H groups in total. The first-order valence-electron chi connectivity index (χ1n) is 9.30. The molecule has 2 aromatic carbocycles. The van der Waals surface area contributed by atoms with Crippen molar-refractivity contribution in [2.75, 3.05) is 38.5 Å². The predicted octanol–water partition coefficient (Wildman–Crippen LogP) is 2.64. The van der Waals surface area contributed by atoms with Crippen LogP contribution in [0.4, 0.5) is 5.69 Å². The molecule has 1 fully saturated rings. The van der Waals surface area contributed by atoms with Gasteiger partial charge in [-0.1, -0.05) is 6.07 Å². The molecule has 0 unspecified atom stereocenters. The Morgan fingerprint density at radius 2 is 1.76 bits per heavy atom. The number of ether oxygens (including phenoxy) is 1. The summed E-state index contributed by atoms with van der Waals surface area (Å²) in [7, 11) is -3.58. The molecule has 1 aliphatic rings. The quantitative estimate of drug-likeness (QED) is 0.640. The van der Waals surface area contributed by atoms with Crippen molar-refractivity contribution in [1.29, 1.82) is 0 Å². The van der Waals surface area contributed by atoms with E-state index >= 15 is 0 Å². The van der Waals surface area contributed by atoms with Crippen LogP contribution in [-0.4, -0.2) is 56.3 Å². The number of anilines is 1. The Hall–Kier alpha value is -2.10. The number of hydrogen-bond donors (Lipinski definition) is 1. The highest BCUT2D eigenvalue weighted by atomic mass is 79.9. The molecule has 0 spiro atoms. The Morgan fingerprint density at radius 3 is 2.38 bits per heavy atom. The fourth-order valence-electron chi connectivity index (χ4n) is 3.10. The van der Waals surface area contributed by atoms with Crippen LogP contribution in [0.5, 0.6) is 5.75 Å². The first-order valence-corrected chi connectivity index (χ1v) is 11.5. The molecule has 0 saturated carbocycles. The average Bonchev–Trinajstić information content (AvgIpc) is 2.70. The second kappa shape index (κ2) is 9.15. The third-order valence-corrected chi connectivity index (χ3v) is 7.30. The van der Waals surface area contributed by atoms with E-state index < -0.39 is 10.0 Å². The van der Waals surface area contributed by atoms with Crippen LogP contribution < -0.4 is 10.5 Å². The van der Waals surface area contributed by atoms with Crippen molar-refractivity contribution in [3.05, 3.63) is 52.5 Å². The van der Waals surface area contributed by atoms with Crippen molar-refractivity contribution in [2.45, 2.75) is 18.2 Å². The molecule has 9 heteroatoms. The third kappa shape index (κ3) is 5.29. The van der Waals surface area contributed by atoms with Gasteiger partial charge in [-0.2, -0.15) is 4.31 Å². The Bertz CT molecular complexity index is 972. The van der Waals surface area contributed by atoms with Crippen LogP contribution in [0.25, 0.3) is 0 Å². The van der Waals surface area contributed by atoms with Gasteiger partial charge in [-0.25, -0.2) is 8.42 Å². The molecule has 0 aromatic heterocycles. The zero-order chi connectivity index (χ0) is 21.0. The van der Waals surface area contributed by atoms with Crippen molar-refractivity contribution < 1.29 is 17.9 Å². The second-order valence-corrected chi connectivity index (χ2v) is 9.68. The van der Waals surface area contributed by atoms with Gasteiger partial charge in [0, 0.05) is 31.9 Å². The molecule has 0 bridgehead atoms. The smallest absolute Gasteiger partial charge is 0.243 e. The summed E-state index contributed by atoms with van der Waals surface area (Å²) in [5.74, 6) is 0.653. The molecule has 1 saturated heterocycles. The lowest BCUT2D eigenvalue weighted by atomic mass is 10.2. The number of halogens is 1. The van der Waals surface area contributed by atoms with Crippen molar-refractivity contribution in [3.8, 4) is 5.75 Å². The Kier molecular flexibility index (Phi) is 6.81. The summed E-state index contributed by atoms with van der Waals surface area (Å²) in [4.78, 5) is 14.3. The number of aryl methyl sites for hydroxylation is 1. The van der Waals surface area contributed by atoms with Crippen molar-refractivity contribution in [1.82, 2.24) is 9.21 Å². The summed E-state index contributed by atoms with van der Waals surface area (Å²) in [6.07, 6.45) is 0.241. The average molecular weight is 482 g/mol. The molecule has 0 radical (unpaired) electrons. The highest BCUT2D eigenvalue weighted by molar-refractivity contribution is 9.10. The van der Waals surface area contributed by atoms with Crippen molar-refractivity contribution in [2.24, 2.45) is 0 Å². The topological polar surface area (TPSA) is 92.9 Å². The third-order valence-electron chi connectivity index (χ3n) is 4.77. The van der Waals surface area contributed by atoms with Crippen molar-refractivity contribution in [3.63, 3.8) is 0 Å². The van der Waals surface area contributed by atoms with Gasteiger partial charge < -0.3 is 15.4 Å². The number of amides is 1. The summed E-state index contributed by atoms with van der Waals surface area (Å²) in [5.41, 5.74) is 7.26. The number of benzene rings is 2. The Balaban J connectivity index is 1.49. The van der Waals surface area contributed by atoms with Crippen LogP contribution in [-0.2, 0) is 14.8 Å². The zero-order valence-corrected chi connectivity index (χ0v) is 18.6. The zero-order valence-electron chi connectivity index (χ0n) is 16.2. The standard InChI is InChI=1S/C20H24BrN3O4S/c1-15-2-7-19(18(21)14-15)28-13-8-20(25)23-9-11-24(12-10-23)29(26,27)17-5-3-16(22)4-6-17/h2-7,14H,8-13,22H2,1H3. The van der Waals surface area contributed by atoms with Crippen LogP contribution in [0.3, 0.4) is 0 Å². The first-order chi connectivity index (χ1) is 13.8. The Labute approximate surface area is 179 Å². The molecule has 29 heavy (non-hydrogen) atoms. The second-order valence-electron chi connectivity index (χ2n) is 6.89. The first kappa shape index (κ1) is 21.6. The van der Waals surface area contributed by atoms with Gasteiger partial charge in [0.25, 0.3) is 0 Å². The number of nitrogens with two attached hydrogens (primary N) is 1. The van der Waals surface area contributed by atoms with Gasteiger partial charge in [-0.3, -0.25) is 4.79 Å². The van der Waals surface area contributed by atoms with E-state index in [-0.39, 0.29) is 36.9 Å². The van der Waals surface area contributed by atoms with E-state index in [0.717, 1.165) is 10.0 Å². The van der Waals surface area contributed by atoms with E-state index in [1.807, 2.05) is 25.1 Å². The number of nitrogen functional groups attached to an aromatic ring is 1. The van der Waals surface area contributed by atoms with Crippen molar-refractivity contribution >= 4 is 37.5 Å². The minimum absolute atomic E-state index is 0.0437. The van der Waals surface area contributed by atoms with Gasteiger partial charge in [0.1, 0.15) is 5.75 Å². The summed E-state index contributed by atoms with van der Waals surface area (Å²) in [6.45, 7) is 3.52. The highest BCUT2D eigenvalue weighted by Crippen LogP contribution is 2.26. The van der Waals surface area contributed by atoms with Crippen LogP contribution in [0.15, 0.2) is 51.8 Å². The molecule has 1 heterocycles. The molecule has 0 atom stereocenters. The molecule has 1 aliphatic heterocycles. The lowest BCUT2D eigenvalue weighted by molar-refractivity contribution is -0.132. The summed E-state index contributed by atoms with van der Waals surface area (Å²) >= 11 is 3.45. The maximum atomic E-state index is 12.7. The van der Waals surface area contributed by atoms with Crippen LogP contribution >= 0.6 is 15.9 Å². The SMILES string of the molecule is Cc1ccc(OCCC(=O)N2CCN(S(=O)(=O)c3ccc(N)cc3)CC2)c(Br)c1. The molecule has 156 valence electrons. The van der Waals surface area contributed by atoms with Gasteiger partial charge in [0.2, 0.25) is 15.9 Å².